The molecule has 0 aromatic heterocycles. The lowest BCUT2D eigenvalue weighted by Crippen LogP contribution is -2.32. The van der Waals surface area contributed by atoms with Crippen LogP contribution in [0.2, 0.25) is 0 Å². The first kappa shape index (κ1) is 16.7. The third kappa shape index (κ3) is 3.67. The second-order valence-electron chi connectivity index (χ2n) is 6.72. The summed E-state index contributed by atoms with van der Waals surface area (Å²) in [5.41, 5.74) is 2.03. The van der Waals surface area contributed by atoms with Gasteiger partial charge in [0.25, 0.3) is 0 Å². The zero-order valence-electron chi connectivity index (χ0n) is 14.1. The summed E-state index contributed by atoms with van der Waals surface area (Å²) in [6.07, 6.45) is 3.85. The number of nitrogens with zero attached hydrogens (tertiary/aromatic N) is 1. The summed E-state index contributed by atoms with van der Waals surface area (Å²) in [6.45, 7) is 6.75. The van der Waals surface area contributed by atoms with Crippen molar-refractivity contribution in [2.75, 3.05) is 14.1 Å². The summed E-state index contributed by atoms with van der Waals surface area (Å²) < 4.78 is 0. The molecule has 2 aromatic carbocycles. The number of hydrogen-bond donors (Lipinski definition) is 0. The molecule has 0 bridgehead atoms. The van der Waals surface area contributed by atoms with Gasteiger partial charge in [-0.1, -0.05) is 75.0 Å². The summed E-state index contributed by atoms with van der Waals surface area (Å²) in [5.74, 6) is 0.642. The third-order valence-corrected chi connectivity index (χ3v) is 7.30. The van der Waals surface area contributed by atoms with Gasteiger partial charge in [0.05, 0.1) is 0 Å². The zero-order chi connectivity index (χ0) is 16.2. The van der Waals surface area contributed by atoms with Crippen LogP contribution in [0.15, 0.2) is 60.7 Å². The zero-order valence-corrected chi connectivity index (χ0v) is 15.0. The minimum absolute atomic E-state index is 0.459. The molecule has 1 nitrogen and oxygen atoms in total. The van der Waals surface area contributed by atoms with Crippen molar-refractivity contribution in [2.45, 2.75) is 31.0 Å². The monoisotopic (exact) mass is 323 g/mol. The van der Waals surface area contributed by atoms with Crippen LogP contribution in [0.1, 0.15) is 30.9 Å². The highest BCUT2D eigenvalue weighted by molar-refractivity contribution is 7.67. The summed E-state index contributed by atoms with van der Waals surface area (Å²) >= 11 is 0. The van der Waals surface area contributed by atoms with Crippen LogP contribution in [0.25, 0.3) is 0 Å². The molecule has 0 amide bonds. The van der Waals surface area contributed by atoms with Gasteiger partial charge in [0.15, 0.2) is 0 Å². The largest absolute Gasteiger partial charge is 0.302 e. The first-order valence-electron chi connectivity index (χ1n) is 8.49. The van der Waals surface area contributed by atoms with Crippen LogP contribution >= 0.6 is 7.92 Å². The van der Waals surface area contributed by atoms with Gasteiger partial charge in [-0.3, -0.25) is 0 Å². The van der Waals surface area contributed by atoms with Crippen molar-refractivity contribution in [1.29, 1.82) is 0 Å². The van der Waals surface area contributed by atoms with Crippen LogP contribution in [0.3, 0.4) is 0 Å². The Morgan fingerprint density at radius 3 is 2.17 bits per heavy atom. The van der Waals surface area contributed by atoms with Gasteiger partial charge in [-0.25, -0.2) is 0 Å². The predicted octanol–water partition coefficient (Wildman–Crippen LogP) is 4.93. The molecule has 2 heteroatoms. The molecule has 1 aliphatic carbocycles. The lowest BCUT2D eigenvalue weighted by atomic mass is 9.90. The van der Waals surface area contributed by atoms with Crippen molar-refractivity contribution in [3.63, 3.8) is 0 Å². The van der Waals surface area contributed by atoms with Gasteiger partial charge in [-0.2, -0.15) is 0 Å². The summed E-state index contributed by atoms with van der Waals surface area (Å²) in [4.78, 5) is 2.38. The molecule has 0 spiro atoms. The fraction of sp³-hybridized carbons (Fsp3) is 0.381. The smallest absolute Gasteiger partial charge is 0.0376 e. The van der Waals surface area contributed by atoms with Crippen molar-refractivity contribution in [1.82, 2.24) is 4.90 Å². The van der Waals surface area contributed by atoms with E-state index < -0.39 is 7.92 Å². The Morgan fingerprint density at radius 1 is 0.957 bits per heavy atom. The Labute approximate surface area is 142 Å². The Balaban J connectivity index is 1.87. The van der Waals surface area contributed by atoms with Crippen LogP contribution in [-0.2, 0) is 0 Å². The predicted molar refractivity (Wildman–Crippen MR) is 101 cm³/mol. The Kier molecular flexibility index (Phi) is 5.51. The average molecular weight is 323 g/mol. The van der Waals surface area contributed by atoms with Crippen molar-refractivity contribution in [3.8, 4) is 0 Å². The second kappa shape index (κ2) is 7.60. The molecule has 0 N–H and O–H groups in total. The Bertz CT molecular complexity index is 596. The molecular formula is C21H26NP. The van der Waals surface area contributed by atoms with E-state index in [-0.39, 0.29) is 0 Å². The normalized spacial score (nSPS) is 23.8. The van der Waals surface area contributed by atoms with Crippen LogP contribution < -0.4 is 5.30 Å². The van der Waals surface area contributed by atoms with Crippen molar-refractivity contribution in [3.05, 3.63) is 72.9 Å². The molecule has 0 heterocycles. The van der Waals surface area contributed by atoms with Gasteiger partial charge in [-0.15, -0.1) is 0 Å². The lowest BCUT2D eigenvalue weighted by molar-refractivity contribution is 0.217. The lowest BCUT2D eigenvalue weighted by Gasteiger charge is -2.36. The highest BCUT2D eigenvalue weighted by Gasteiger charge is 2.38. The molecule has 120 valence electrons. The van der Waals surface area contributed by atoms with Crippen molar-refractivity contribution < 1.29 is 0 Å². The first-order valence-corrected chi connectivity index (χ1v) is 9.97. The van der Waals surface area contributed by atoms with Crippen LogP contribution in [-0.4, -0.2) is 24.7 Å². The Morgan fingerprint density at radius 2 is 1.57 bits per heavy atom. The van der Waals surface area contributed by atoms with Gasteiger partial charge < -0.3 is 4.90 Å². The number of benzene rings is 2. The van der Waals surface area contributed by atoms with E-state index in [9.17, 15) is 0 Å². The molecule has 3 unspecified atom stereocenters. The summed E-state index contributed by atoms with van der Waals surface area (Å²) in [7, 11) is 3.82. The minimum Gasteiger partial charge on any atom is -0.302 e. The van der Waals surface area contributed by atoms with E-state index in [1.54, 1.807) is 0 Å². The quantitative estimate of drug-likeness (QED) is 0.705. The number of rotatable bonds is 5. The maximum atomic E-state index is 6.75. The topological polar surface area (TPSA) is 3.24 Å². The molecule has 2 radical (unpaired) electrons. The first-order chi connectivity index (χ1) is 11.2. The SMILES string of the molecule is [CH]P(c1ccccc1)C1CCCC1[C@@H](c1ccccc1)N(C)C. The molecule has 4 atom stereocenters. The second-order valence-corrected chi connectivity index (χ2v) is 8.72. The maximum absolute atomic E-state index is 6.75. The van der Waals surface area contributed by atoms with Crippen LogP contribution in [0, 0.1) is 12.6 Å². The van der Waals surface area contributed by atoms with Gasteiger partial charge in [-0.05, 0) is 56.0 Å². The van der Waals surface area contributed by atoms with E-state index in [1.165, 1.54) is 30.1 Å². The maximum Gasteiger partial charge on any atom is 0.0376 e. The molecule has 1 fully saturated rings. The highest BCUT2D eigenvalue weighted by atomic mass is 31.1. The van der Waals surface area contributed by atoms with Crippen LogP contribution in [0.5, 0.6) is 0 Å². The molecule has 0 saturated heterocycles. The van der Waals surface area contributed by atoms with Gasteiger partial charge >= 0.3 is 0 Å². The average Bonchev–Trinajstić information content (AvgIpc) is 3.05. The standard InChI is InChI=1S/C21H26NP/c1-22(2)21(17-11-6-4-7-12-17)19-15-10-16-20(19)23(3)18-13-8-5-9-14-18/h3-9,11-14,19-21H,10,15-16H2,1-2H3/t19?,20?,21-,23?/m1/s1. The van der Waals surface area contributed by atoms with E-state index in [0.29, 0.717) is 17.6 Å². The molecular weight excluding hydrogens is 297 g/mol. The van der Waals surface area contributed by atoms with Crippen molar-refractivity contribution in [2.24, 2.45) is 5.92 Å². The van der Waals surface area contributed by atoms with E-state index in [0.717, 1.165) is 0 Å². The highest BCUT2D eigenvalue weighted by Crippen LogP contribution is 2.53. The molecule has 1 saturated carbocycles. The van der Waals surface area contributed by atoms with Gasteiger partial charge in [0, 0.05) is 6.04 Å². The van der Waals surface area contributed by atoms with E-state index in [2.05, 4.69) is 79.7 Å². The van der Waals surface area contributed by atoms with E-state index in [4.69, 9.17) is 6.66 Å². The Hall–Kier alpha value is -1.17. The number of hydrogen-bond acceptors (Lipinski definition) is 1. The van der Waals surface area contributed by atoms with Crippen LogP contribution in [0.4, 0.5) is 0 Å². The molecule has 23 heavy (non-hydrogen) atoms. The van der Waals surface area contributed by atoms with E-state index in [1.807, 2.05) is 0 Å². The molecule has 2 aromatic rings. The van der Waals surface area contributed by atoms with E-state index >= 15 is 0 Å². The summed E-state index contributed by atoms with van der Waals surface area (Å²) in [6, 6.07) is 22.1. The fourth-order valence-electron chi connectivity index (χ4n) is 4.05. The fourth-order valence-corrected chi connectivity index (χ4v) is 6.14. The summed E-state index contributed by atoms with van der Waals surface area (Å²) in [5, 5.41) is 1.34. The third-order valence-electron chi connectivity index (χ3n) is 5.05. The molecule has 1 aliphatic rings. The van der Waals surface area contributed by atoms with Gasteiger partial charge in [0.1, 0.15) is 0 Å². The van der Waals surface area contributed by atoms with Gasteiger partial charge in [0.2, 0.25) is 0 Å². The molecule has 3 rings (SSSR count). The minimum atomic E-state index is -0.590. The molecule has 0 aliphatic heterocycles. The van der Waals surface area contributed by atoms with Crippen molar-refractivity contribution >= 4 is 13.2 Å².